The van der Waals surface area contributed by atoms with Gasteiger partial charge in [0.2, 0.25) is 0 Å². The van der Waals surface area contributed by atoms with Crippen molar-refractivity contribution in [1.82, 2.24) is 9.88 Å². The van der Waals surface area contributed by atoms with E-state index in [1.165, 1.54) is 3.57 Å². The summed E-state index contributed by atoms with van der Waals surface area (Å²) in [6.45, 7) is 4.40. The molecule has 4 nitrogen and oxygen atoms in total. The topological polar surface area (TPSA) is 57.8 Å². The summed E-state index contributed by atoms with van der Waals surface area (Å²) in [5.41, 5.74) is 5.04. The number of nitrogens with one attached hydrogen (secondary N) is 1. The van der Waals surface area contributed by atoms with Gasteiger partial charge in [0.15, 0.2) is 0 Å². The molecule has 3 rings (SSSR count). The Hall–Kier alpha value is -2.85. The van der Waals surface area contributed by atoms with E-state index >= 15 is 0 Å². The van der Waals surface area contributed by atoms with E-state index in [2.05, 4.69) is 56.7 Å². The quantitative estimate of drug-likeness (QED) is 0.320. The Morgan fingerprint density at radius 1 is 1.14 bits per heavy atom. The second kappa shape index (κ2) is 8.89. The minimum Gasteiger partial charge on any atom is -0.347 e. The Bertz CT molecular complexity index is 1060. The molecule has 1 heterocycles. The van der Waals surface area contributed by atoms with Crippen molar-refractivity contribution >= 4 is 34.6 Å². The maximum absolute atomic E-state index is 12.5. The zero-order valence-corrected chi connectivity index (χ0v) is 17.9. The van der Waals surface area contributed by atoms with Crippen molar-refractivity contribution in [2.45, 2.75) is 20.4 Å². The molecule has 0 aliphatic heterocycles. The van der Waals surface area contributed by atoms with Crippen LogP contribution in [0.25, 0.3) is 11.8 Å². The molecule has 0 unspecified atom stereocenters. The number of amides is 1. The Labute approximate surface area is 178 Å². The zero-order valence-electron chi connectivity index (χ0n) is 15.7. The van der Waals surface area contributed by atoms with Crippen molar-refractivity contribution in [2.75, 3.05) is 0 Å². The van der Waals surface area contributed by atoms with Crippen LogP contribution in [0.4, 0.5) is 0 Å². The van der Waals surface area contributed by atoms with E-state index in [4.69, 9.17) is 0 Å². The number of nitriles is 1. The predicted molar refractivity (Wildman–Crippen MR) is 120 cm³/mol. The molecule has 1 N–H and O–H groups in total. The van der Waals surface area contributed by atoms with Gasteiger partial charge in [0.25, 0.3) is 5.91 Å². The van der Waals surface area contributed by atoms with Crippen LogP contribution in [0.5, 0.6) is 0 Å². The molecule has 2 aromatic carbocycles. The fraction of sp³-hybridized carbons (Fsp3) is 0.130. The molecule has 28 heavy (non-hydrogen) atoms. The molecular weight excluding hydrogens is 461 g/mol. The number of hydrogen-bond acceptors (Lipinski definition) is 2. The molecule has 0 fully saturated rings. The molecule has 0 radical (unpaired) electrons. The third-order valence-corrected chi connectivity index (χ3v) is 5.24. The van der Waals surface area contributed by atoms with Crippen LogP contribution in [0.3, 0.4) is 0 Å². The Morgan fingerprint density at radius 3 is 2.46 bits per heavy atom. The van der Waals surface area contributed by atoms with E-state index in [9.17, 15) is 10.1 Å². The number of carbonyl (C=O) groups is 1. The number of rotatable bonds is 5. The average Bonchev–Trinajstić information content (AvgIpc) is 2.99. The van der Waals surface area contributed by atoms with E-state index in [-0.39, 0.29) is 11.5 Å². The van der Waals surface area contributed by atoms with Gasteiger partial charge < -0.3 is 9.88 Å². The molecule has 0 bridgehead atoms. The third kappa shape index (κ3) is 4.52. The maximum Gasteiger partial charge on any atom is 0.262 e. The van der Waals surface area contributed by atoms with Crippen LogP contribution in [0.2, 0.25) is 0 Å². The van der Waals surface area contributed by atoms with Crippen molar-refractivity contribution < 1.29 is 4.79 Å². The highest BCUT2D eigenvalue weighted by molar-refractivity contribution is 14.1. The second-order valence-corrected chi connectivity index (χ2v) is 7.72. The van der Waals surface area contributed by atoms with Gasteiger partial charge in [-0.15, -0.1) is 0 Å². The first-order valence-electron chi connectivity index (χ1n) is 8.88. The SMILES string of the molecule is Cc1cc(/C=C(/C#N)C(=O)NCc2ccccc2)c(C)n1-c1ccc(I)cc1. The minimum atomic E-state index is -0.370. The molecular formula is C23H20IN3O. The van der Waals surface area contributed by atoms with Crippen molar-refractivity contribution in [3.63, 3.8) is 0 Å². The molecule has 3 aromatic rings. The van der Waals surface area contributed by atoms with E-state index in [0.717, 1.165) is 28.2 Å². The van der Waals surface area contributed by atoms with Crippen LogP contribution in [-0.2, 0) is 11.3 Å². The fourth-order valence-electron chi connectivity index (χ4n) is 3.10. The maximum atomic E-state index is 12.5. The number of hydrogen-bond donors (Lipinski definition) is 1. The largest absolute Gasteiger partial charge is 0.347 e. The molecule has 0 atom stereocenters. The fourth-order valence-corrected chi connectivity index (χ4v) is 3.46. The monoisotopic (exact) mass is 481 g/mol. The zero-order chi connectivity index (χ0) is 20.1. The van der Waals surface area contributed by atoms with Gasteiger partial charge >= 0.3 is 0 Å². The van der Waals surface area contributed by atoms with E-state index in [1.807, 2.05) is 56.3 Å². The van der Waals surface area contributed by atoms with E-state index in [1.54, 1.807) is 6.08 Å². The third-order valence-electron chi connectivity index (χ3n) is 4.52. The van der Waals surface area contributed by atoms with Gasteiger partial charge in [0.1, 0.15) is 11.6 Å². The lowest BCUT2D eigenvalue weighted by Crippen LogP contribution is -2.23. The van der Waals surface area contributed by atoms with Gasteiger partial charge in [-0.2, -0.15) is 5.26 Å². The van der Waals surface area contributed by atoms with Gasteiger partial charge in [-0.3, -0.25) is 4.79 Å². The van der Waals surface area contributed by atoms with Crippen LogP contribution in [-0.4, -0.2) is 10.5 Å². The molecule has 1 amide bonds. The molecule has 140 valence electrons. The molecule has 5 heteroatoms. The highest BCUT2D eigenvalue weighted by Gasteiger charge is 2.13. The smallest absolute Gasteiger partial charge is 0.262 e. The number of aromatic nitrogens is 1. The summed E-state index contributed by atoms with van der Waals surface area (Å²) in [4.78, 5) is 12.5. The Morgan fingerprint density at radius 2 is 1.82 bits per heavy atom. The summed E-state index contributed by atoms with van der Waals surface area (Å²) in [5, 5.41) is 12.3. The van der Waals surface area contributed by atoms with Gasteiger partial charge in [-0.05, 0) is 84.0 Å². The highest BCUT2D eigenvalue weighted by atomic mass is 127. The van der Waals surface area contributed by atoms with Crippen molar-refractivity contribution in [2.24, 2.45) is 0 Å². The lowest BCUT2D eigenvalue weighted by Gasteiger charge is -2.10. The summed E-state index contributed by atoms with van der Waals surface area (Å²) in [5.74, 6) is -0.370. The first kappa shape index (κ1) is 19.9. The van der Waals surface area contributed by atoms with E-state index in [0.29, 0.717) is 6.54 Å². The Balaban J connectivity index is 1.84. The van der Waals surface area contributed by atoms with Gasteiger partial charge in [0, 0.05) is 27.2 Å². The number of nitrogens with zero attached hydrogens (tertiary/aromatic N) is 2. The number of carbonyl (C=O) groups excluding carboxylic acids is 1. The summed E-state index contributed by atoms with van der Waals surface area (Å²) >= 11 is 2.28. The molecule has 0 saturated carbocycles. The van der Waals surface area contributed by atoms with Crippen LogP contribution < -0.4 is 5.32 Å². The molecule has 0 saturated heterocycles. The van der Waals surface area contributed by atoms with E-state index < -0.39 is 0 Å². The molecule has 1 aromatic heterocycles. The van der Waals surface area contributed by atoms with Gasteiger partial charge in [0.05, 0.1) is 0 Å². The minimum absolute atomic E-state index is 0.0961. The van der Waals surface area contributed by atoms with Crippen LogP contribution in [0.15, 0.2) is 66.2 Å². The number of halogens is 1. The van der Waals surface area contributed by atoms with Crippen LogP contribution >= 0.6 is 22.6 Å². The second-order valence-electron chi connectivity index (χ2n) is 6.48. The molecule has 0 aliphatic rings. The van der Waals surface area contributed by atoms with Crippen molar-refractivity contribution in [1.29, 1.82) is 5.26 Å². The summed E-state index contributed by atoms with van der Waals surface area (Å²) in [6.07, 6.45) is 1.66. The van der Waals surface area contributed by atoms with Crippen LogP contribution in [0.1, 0.15) is 22.5 Å². The molecule has 0 aliphatic carbocycles. The molecule has 0 spiro atoms. The average molecular weight is 481 g/mol. The first-order chi connectivity index (χ1) is 13.5. The highest BCUT2D eigenvalue weighted by Crippen LogP contribution is 2.23. The normalized spacial score (nSPS) is 11.1. The lowest BCUT2D eigenvalue weighted by atomic mass is 10.1. The van der Waals surface area contributed by atoms with Gasteiger partial charge in [-0.25, -0.2) is 0 Å². The number of aryl methyl sites for hydroxylation is 1. The standard InChI is InChI=1S/C23H20IN3O/c1-16-12-19(17(2)27(16)22-10-8-21(24)9-11-22)13-20(14-25)23(28)26-15-18-6-4-3-5-7-18/h3-13H,15H2,1-2H3,(H,26,28)/b20-13-. The number of benzene rings is 2. The summed E-state index contributed by atoms with van der Waals surface area (Å²) < 4.78 is 3.30. The predicted octanol–water partition coefficient (Wildman–Crippen LogP) is 4.92. The first-order valence-corrected chi connectivity index (χ1v) is 9.96. The van der Waals surface area contributed by atoms with Gasteiger partial charge in [-0.1, -0.05) is 30.3 Å². The Kier molecular flexibility index (Phi) is 6.32. The van der Waals surface area contributed by atoms with Crippen LogP contribution in [0, 0.1) is 28.7 Å². The van der Waals surface area contributed by atoms with Crippen molar-refractivity contribution in [3.05, 3.63) is 92.3 Å². The van der Waals surface area contributed by atoms with Crippen molar-refractivity contribution in [3.8, 4) is 11.8 Å². The summed E-state index contributed by atoms with van der Waals surface area (Å²) in [6, 6.07) is 21.9. The summed E-state index contributed by atoms with van der Waals surface area (Å²) in [7, 11) is 0. The lowest BCUT2D eigenvalue weighted by molar-refractivity contribution is -0.117.